The van der Waals surface area contributed by atoms with E-state index >= 15 is 0 Å². The van der Waals surface area contributed by atoms with Gasteiger partial charge in [0, 0.05) is 31.2 Å². The molecule has 0 spiro atoms. The molecule has 2 rings (SSSR count). The molecule has 0 saturated heterocycles. The second-order valence-electron chi connectivity index (χ2n) is 5.51. The Kier molecular flexibility index (Phi) is 5.16. The quantitative estimate of drug-likeness (QED) is 0.596. The van der Waals surface area contributed by atoms with Crippen molar-refractivity contribution in [2.75, 3.05) is 18.8 Å². The number of nitrogens with one attached hydrogen (secondary N) is 1. The molecule has 1 aromatic carbocycles. The first-order chi connectivity index (χ1) is 10.0. The van der Waals surface area contributed by atoms with E-state index in [0.29, 0.717) is 31.2 Å². The molecule has 0 atom stereocenters. The highest BCUT2D eigenvalue weighted by atomic mass is 16.2. The van der Waals surface area contributed by atoms with Crippen LogP contribution in [0.2, 0.25) is 0 Å². The molecular formula is C15H22N4O2. The third kappa shape index (κ3) is 5.83. The minimum absolute atomic E-state index is 0.0274. The number of amides is 2. The number of anilines is 1. The van der Waals surface area contributed by atoms with Gasteiger partial charge in [0.1, 0.15) is 0 Å². The monoisotopic (exact) mass is 290 g/mol. The smallest absolute Gasteiger partial charge is 0.231 e. The standard InChI is InChI=1S/C15H22N4O2/c16-12-3-1-2-11(8-12)9-19(10-14(17)20)7-6-15(21)18-13-4-5-13/h1-3,8,13H,4-7,9-10,16H2,(H2,17,20)(H,18,21). The van der Waals surface area contributed by atoms with Crippen LogP contribution >= 0.6 is 0 Å². The van der Waals surface area contributed by atoms with Crippen LogP contribution in [0.25, 0.3) is 0 Å². The summed E-state index contributed by atoms with van der Waals surface area (Å²) in [7, 11) is 0. The van der Waals surface area contributed by atoms with Gasteiger partial charge in [-0.25, -0.2) is 0 Å². The Morgan fingerprint density at radius 2 is 2.10 bits per heavy atom. The average molecular weight is 290 g/mol. The van der Waals surface area contributed by atoms with Gasteiger partial charge < -0.3 is 16.8 Å². The van der Waals surface area contributed by atoms with E-state index < -0.39 is 5.91 Å². The summed E-state index contributed by atoms with van der Waals surface area (Å²) in [4.78, 5) is 24.7. The Bertz CT molecular complexity index is 514. The van der Waals surface area contributed by atoms with Crippen molar-refractivity contribution in [3.8, 4) is 0 Å². The maximum Gasteiger partial charge on any atom is 0.231 e. The van der Waals surface area contributed by atoms with Crippen LogP contribution in [-0.2, 0) is 16.1 Å². The lowest BCUT2D eigenvalue weighted by molar-refractivity contribution is -0.123. The second-order valence-corrected chi connectivity index (χ2v) is 5.51. The largest absolute Gasteiger partial charge is 0.399 e. The highest BCUT2D eigenvalue weighted by Crippen LogP contribution is 2.18. The summed E-state index contributed by atoms with van der Waals surface area (Å²) in [6.07, 6.45) is 2.51. The maximum absolute atomic E-state index is 11.7. The molecule has 1 saturated carbocycles. The van der Waals surface area contributed by atoms with Crippen LogP contribution in [0.4, 0.5) is 5.69 Å². The lowest BCUT2D eigenvalue weighted by Crippen LogP contribution is -2.36. The number of nitrogens with two attached hydrogens (primary N) is 2. The van der Waals surface area contributed by atoms with Gasteiger partial charge in [0.05, 0.1) is 6.54 Å². The van der Waals surface area contributed by atoms with Gasteiger partial charge in [0.2, 0.25) is 11.8 Å². The van der Waals surface area contributed by atoms with Crippen molar-refractivity contribution in [2.45, 2.75) is 31.8 Å². The van der Waals surface area contributed by atoms with Gasteiger partial charge in [-0.15, -0.1) is 0 Å². The van der Waals surface area contributed by atoms with Crippen molar-refractivity contribution in [3.63, 3.8) is 0 Å². The predicted octanol–water partition coefficient (Wildman–Crippen LogP) is 0.225. The van der Waals surface area contributed by atoms with Crippen LogP contribution in [0, 0.1) is 0 Å². The zero-order chi connectivity index (χ0) is 15.2. The molecule has 0 bridgehead atoms. The zero-order valence-electron chi connectivity index (χ0n) is 12.0. The summed E-state index contributed by atoms with van der Waals surface area (Å²) in [5.74, 6) is -0.374. The first-order valence-corrected chi connectivity index (χ1v) is 7.17. The molecule has 0 aliphatic heterocycles. The Morgan fingerprint density at radius 3 is 2.71 bits per heavy atom. The molecule has 1 fully saturated rings. The molecule has 1 aromatic rings. The number of primary amides is 1. The molecule has 21 heavy (non-hydrogen) atoms. The number of rotatable bonds is 8. The van der Waals surface area contributed by atoms with Crippen molar-refractivity contribution >= 4 is 17.5 Å². The molecule has 1 aliphatic rings. The fraction of sp³-hybridized carbons (Fsp3) is 0.467. The van der Waals surface area contributed by atoms with Gasteiger partial charge in [-0.3, -0.25) is 14.5 Å². The summed E-state index contributed by atoms with van der Waals surface area (Å²) in [5.41, 5.74) is 12.7. The fourth-order valence-corrected chi connectivity index (χ4v) is 2.17. The van der Waals surface area contributed by atoms with E-state index in [2.05, 4.69) is 5.32 Å². The molecule has 2 amide bonds. The van der Waals surface area contributed by atoms with Gasteiger partial charge in [-0.2, -0.15) is 0 Å². The Labute approximate surface area is 124 Å². The third-order valence-electron chi connectivity index (χ3n) is 3.33. The highest BCUT2D eigenvalue weighted by molar-refractivity contribution is 5.77. The Balaban J connectivity index is 1.87. The average Bonchev–Trinajstić information content (AvgIpc) is 3.19. The molecule has 0 aromatic heterocycles. The number of nitrogens with zero attached hydrogens (tertiary/aromatic N) is 1. The van der Waals surface area contributed by atoms with E-state index in [1.807, 2.05) is 29.2 Å². The summed E-state index contributed by atoms with van der Waals surface area (Å²) >= 11 is 0. The lowest BCUT2D eigenvalue weighted by Gasteiger charge is -2.20. The lowest BCUT2D eigenvalue weighted by atomic mass is 10.2. The number of hydrogen-bond acceptors (Lipinski definition) is 4. The van der Waals surface area contributed by atoms with E-state index in [-0.39, 0.29) is 12.5 Å². The Hall–Kier alpha value is -2.08. The summed E-state index contributed by atoms with van der Waals surface area (Å²) in [5, 5.41) is 2.93. The van der Waals surface area contributed by atoms with Crippen LogP contribution in [0.15, 0.2) is 24.3 Å². The highest BCUT2D eigenvalue weighted by Gasteiger charge is 2.23. The van der Waals surface area contributed by atoms with Crippen LogP contribution in [0.5, 0.6) is 0 Å². The van der Waals surface area contributed by atoms with Crippen LogP contribution in [-0.4, -0.2) is 35.8 Å². The normalized spacial score (nSPS) is 14.1. The van der Waals surface area contributed by atoms with E-state index in [1.54, 1.807) is 0 Å². The molecule has 0 radical (unpaired) electrons. The van der Waals surface area contributed by atoms with Crippen LogP contribution in [0.1, 0.15) is 24.8 Å². The maximum atomic E-state index is 11.7. The van der Waals surface area contributed by atoms with Crippen molar-refractivity contribution in [3.05, 3.63) is 29.8 Å². The van der Waals surface area contributed by atoms with Gasteiger partial charge in [0.25, 0.3) is 0 Å². The van der Waals surface area contributed by atoms with Gasteiger partial charge >= 0.3 is 0 Å². The number of benzene rings is 1. The number of hydrogen-bond donors (Lipinski definition) is 3. The third-order valence-corrected chi connectivity index (χ3v) is 3.33. The number of carbonyl (C=O) groups is 2. The number of nitrogen functional groups attached to an aromatic ring is 1. The van der Waals surface area contributed by atoms with Gasteiger partial charge in [-0.05, 0) is 30.5 Å². The molecular weight excluding hydrogens is 268 g/mol. The summed E-state index contributed by atoms with van der Waals surface area (Å²) in [6.45, 7) is 1.17. The molecule has 114 valence electrons. The molecule has 1 aliphatic carbocycles. The zero-order valence-corrected chi connectivity index (χ0v) is 12.0. The van der Waals surface area contributed by atoms with Crippen molar-refractivity contribution in [1.29, 1.82) is 0 Å². The fourth-order valence-electron chi connectivity index (χ4n) is 2.17. The van der Waals surface area contributed by atoms with Gasteiger partial charge in [0.15, 0.2) is 0 Å². The Morgan fingerprint density at radius 1 is 1.33 bits per heavy atom. The second kappa shape index (κ2) is 7.08. The van der Waals surface area contributed by atoms with E-state index in [4.69, 9.17) is 11.5 Å². The molecule has 0 unspecified atom stereocenters. The minimum Gasteiger partial charge on any atom is -0.399 e. The molecule has 0 heterocycles. The summed E-state index contributed by atoms with van der Waals surface area (Å²) < 4.78 is 0. The first-order valence-electron chi connectivity index (χ1n) is 7.17. The first kappa shape index (κ1) is 15.3. The number of carbonyl (C=O) groups excluding carboxylic acids is 2. The molecule has 5 N–H and O–H groups in total. The van der Waals surface area contributed by atoms with Crippen molar-refractivity contribution in [2.24, 2.45) is 5.73 Å². The summed E-state index contributed by atoms with van der Waals surface area (Å²) in [6, 6.07) is 7.83. The predicted molar refractivity (Wildman–Crippen MR) is 81.1 cm³/mol. The van der Waals surface area contributed by atoms with Crippen molar-refractivity contribution in [1.82, 2.24) is 10.2 Å². The van der Waals surface area contributed by atoms with Gasteiger partial charge in [-0.1, -0.05) is 12.1 Å². The van der Waals surface area contributed by atoms with Crippen LogP contribution in [0.3, 0.4) is 0 Å². The molecule has 6 heteroatoms. The molecule has 6 nitrogen and oxygen atoms in total. The van der Waals surface area contributed by atoms with E-state index in [0.717, 1.165) is 18.4 Å². The minimum atomic E-state index is -0.401. The van der Waals surface area contributed by atoms with Crippen molar-refractivity contribution < 1.29 is 9.59 Å². The topological polar surface area (TPSA) is 101 Å². The van der Waals surface area contributed by atoms with E-state index in [9.17, 15) is 9.59 Å². The van der Waals surface area contributed by atoms with Crippen LogP contribution < -0.4 is 16.8 Å². The SMILES string of the molecule is NC(=O)CN(CCC(=O)NC1CC1)Cc1cccc(N)c1. The van der Waals surface area contributed by atoms with E-state index in [1.165, 1.54) is 0 Å².